The van der Waals surface area contributed by atoms with Crippen molar-refractivity contribution in [3.05, 3.63) is 29.8 Å². The fourth-order valence-electron chi connectivity index (χ4n) is 1.43. The number of amides is 1. The van der Waals surface area contributed by atoms with Gasteiger partial charge < -0.3 is 4.90 Å². The zero-order valence-corrected chi connectivity index (χ0v) is 6.66. The van der Waals surface area contributed by atoms with Gasteiger partial charge in [-0.25, -0.2) is 0 Å². The Kier molecular flexibility index (Phi) is 1.80. The number of carbonyl (C=O) groups is 1. The predicted octanol–water partition coefficient (Wildman–Crippen LogP) is 0.710. The van der Waals surface area contributed by atoms with Gasteiger partial charge in [0.1, 0.15) is 0 Å². The number of para-hydroxylation sites is 1. The first kappa shape index (κ1) is 7.31. The smallest absolute Gasteiger partial charge is 0.215 e. The fraction of sp³-hybridized carbons (Fsp3) is 0.222. The Hall–Kier alpha value is -1.35. The second kappa shape index (κ2) is 2.95. The summed E-state index contributed by atoms with van der Waals surface area (Å²) in [7, 11) is 0. The molecule has 2 rings (SSSR count). The van der Waals surface area contributed by atoms with Crippen LogP contribution in [0.2, 0.25) is 0 Å². The third kappa shape index (κ3) is 1.08. The summed E-state index contributed by atoms with van der Waals surface area (Å²) in [5.74, 6) is 0. The van der Waals surface area contributed by atoms with Gasteiger partial charge in [0.15, 0.2) is 0 Å². The van der Waals surface area contributed by atoms with Crippen molar-refractivity contribution in [3.8, 4) is 0 Å². The molecule has 1 amide bonds. The molecule has 0 atom stereocenters. The maximum atomic E-state index is 10.6. The van der Waals surface area contributed by atoms with Crippen molar-refractivity contribution >= 4 is 12.1 Å². The molecular weight excluding hydrogens is 152 g/mol. The highest BCUT2D eigenvalue weighted by Gasteiger charge is 2.13. The van der Waals surface area contributed by atoms with Crippen LogP contribution in [0, 0.1) is 0 Å². The van der Waals surface area contributed by atoms with Gasteiger partial charge >= 0.3 is 0 Å². The van der Waals surface area contributed by atoms with Crippen LogP contribution in [-0.4, -0.2) is 13.1 Å². The van der Waals surface area contributed by atoms with Crippen LogP contribution in [0.3, 0.4) is 0 Å². The summed E-state index contributed by atoms with van der Waals surface area (Å²) >= 11 is 0. The lowest BCUT2D eigenvalue weighted by Crippen LogP contribution is -2.37. The van der Waals surface area contributed by atoms with Crippen LogP contribution in [0.15, 0.2) is 24.3 Å². The fourth-order valence-corrected chi connectivity index (χ4v) is 1.43. The minimum Gasteiger partial charge on any atom is -0.301 e. The van der Waals surface area contributed by atoms with Crippen LogP contribution in [-0.2, 0) is 11.3 Å². The Labute approximate surface area is 71.0 Å². The summed E-state index contributed by atoms with van der Waals surface area (Å²) in [5, 5.41) is 3.14. The van der Waals surface area contributed by atoms with Crippen LogP contribution in [0.4, 0.5) is 5.69 Å². The lowest BCUT2D eigenvalue weighted by molar-refractivity contribution is -0.107. The molecular formula is C9H10N2O. The SMILES string of the molecule is O=CN1CNCc2ccccc21. The molecule has 0 aromatic heterocycles. The van der Waals surface area contributed by atoms with E-state index in [2.05, 4.69) is 5.32 Å². The van der Waals surface area contributed by atoms with Crippen molar-refractivity contribution in [2.45, 2.75) is 6.54 Å². The minimum absolute atomic E-state index is 0.612. The Morgan fingerprint density at radius 2 is 2.25 bits per heavy atom. The summed E-state index contributed by atoms with van der Waals surface area (Å²) in [5.41, 5.74) is 2.20. The zero-order chi connectivity index (χ0) is 8.39. The monoisotopic (exact) mass is 162 g/mol. The van der Waals surface area contributed by atoms with E-state index in [0.717, 1.165) is 18.6 Å². The molecule has 0 bridgehead atoms. The summed E-state index contributed by atoms with van der Waals surface area (Å²) in [6.07, 6.45) is 0.852. The molecule has 1 aromatic rings. The van der Waals surface area contributed by atoms with Gasteiger partial charge in [-0.05, 0) is 11.6 Å². The minimum atomic E-state index is 0.612. The molecule has 3 heteroatoms. The molecule has 1 N–H and O–H groups in total. The standard InChI is InChI=1S/C9H10N2O/c12-7-11-6-10-5-8-3-1-2-4-9(8)11/h1-4,7,10H,5-6H2. The van der Waals surface area contributed by atoms with E-state index < -0.39 is 0 Å². The lowest BCUT2D eigenvalue weighted by atomic mass is 10.1. The number of nitrogens with one attached hydrogen (secondary N) is 1. The number of fused-ring (bicyclic) bond motifs is 1. The van der Waals surface area contributed by atoms with Gasteiger partial charge in [-0.15, -0.1) is 0 Å². The molecule has 0 aliphatic carbocycles. The highest BCUT2D eigenvalue weighted by molar-refractivity contribution is 5.77. The van der Waals surface area contributed by atoms with Crippen LogP contribution >= 0.6 is 0 Å². The van der Waals surface area contributed by atoms with Crippen LogP contribution in [0.25, 0.3) is 0 Å². The largest absolute Gasteiger partial charge is 0.301 e. The van der Waals surface area contributed by atoms with Crippen LogP contribution in [0.1, 0.15) is 5.56 Å². The van der Waals surface area contributed by atoms with Crippen molar-refractivity contribution in [2.24, 2.45) is 0 Å². The molecule has 12 heavy (non-hydrogen) atoms. The average molecular weight is 162 g/mol. The van der Waals surface area contributed by atoms with Gasteiger partial charge in [0.2, 0.25) is 6.41 Å². The van der Waals surface area contributed by atoms with Crippen molar-refractivity contribution in [3.63, 3.8) is 0 Å². The summed E-state index contributed by atoms with van der Waals surface area (Å²) in [6, 6.07) is 7.91. The second-order valence-corrected chi connectivity index (χ2v) is 2.79. The number of benzene rings is 1. The number of carbonyl (C=O) groups excluding carboxylic acids is 1. The normalized spacial score (nSPS) is 15.5. The molecule has 1 heterocycles. The molecule has 62 valence electrons. The van der Waals surface area contributed by atoms with Crippen molar-refractivity contribution < 1.29 is 4.79 Å². The number of rotatable bonds is 1. The summed E-state index contributed by atoms with van der Waals surface area (Å²) in [6.45, 7) is 1.46. The third-order valence-corrected chi connectivity index (χ3v) is 2.03. The molecule has 1 aliphatic rings. The molecule has 3 nitrogen and oxygen atoms in total. The topological polar surface area (TPSA) is 32.3 Å². The predicted molar refractivity (Wildman–Crippen MR) is 46.7 cm³/mol. The van der Waals surface area contributed by atoms with Gasteiger partial charge in [0.25, 0.3) is 0 Å². The van der Waals surface area contributed by atoms with Crippen molar-refractivity contribution in [1.29, 1.82) is 0 Å². The quantitative estimate of drug-likeness (QED) is 0.617. The van der Waals surface area contributed by atoms with Crippen molar-refractivity contribution in [2.75, 3.05) is 11.6 Å². The van der Waals surface area contributed by atoms with Crippen molar-refractivity contribution in [1.82, 2.24) is 5.32 Å². The van der Waals surface area contributed by atoms with E-state index >= 15 is 0 Å². The van der Waals surface area contributed by atoms with E-state index in [0.29, 0.717) is 6.67 Å². The maximum Gasteiger partial charge on any atom is 0.215 e. The first-order valence-corrected chi connectivity index (χ1v) is 3.92. The van der Waals surface area contributed by atoms with E-state index in [-0.39, 0.29) is 0 Å². The second-order valence-electron chi connectivity index (χ2n) is 2.79. The van der Waals surface area contributed by atoms with Crippen LogP contribution in [0.5, 0.6) is 0 Å². The number of hydrogen-bond donors (Lipinski definition) is 1. The van der Waals surface area contributed by atoms with Crippen LogP contribution < -0.4 is 10.2 Å². The van der Waals surface area contributed by atoms with Gasteiger partial charge in [0, 0.05) is 12.2 Å². The Morgan fingerprint density at radius 1 is 1.42 bits per heavy atom. The summed E-state index contributed by atoms with van der Waals surface area (Å²) in [4.78, 5) is 12.3. The molecule has 0 saturated heterocycles. The Balaban J connectivity index is 2.43. The molecule has 1 aromatic carbocycles. The molecule has 1 aliphatic heterocycles. The van der Waals surface area contributed by atoms with E-state index in [1.54, 1.807) is 4.90 Å². The van der Waals surface area contributed by atoms with Gasteiger partial charge in [-0.3, -0.25) is 10.1 Å². The Bertz CT molecular complexity index is 298. The first-order chi connectivity index (χ1) is 5.92. The summed E-state index contributed by atoms with van der Waals surface area (Å²) < 4.78 is 0. The van der Waals surface area contributed by atoms with Gasteiger partial charge in [-0.1, -0.05) is 18.2 Å². The first-order valence-electron chi connectivity index (χ1n) is 3.92. The van der Waals surface area contributed by atoms with E-state index in [1.165, 1.54) is 5.56 Å². The molecule has 0 fully saturated rings. The van der Waals surface area contributed by atoms with E-state index in [9.17, 15) is 4.79 Å². The lowest BCUT2D eigenvalue weighted by Gasteiger charge is -2.26. The average Bonchev–Trinajstić information content (AvgIpc) is 2.17. The molecule has 0 radical (unpaired) electrons. The third-order valence-electron chi connectivity index (χ3n) is 2.03. The number of anilines is 1. The maximum absolute atomic E-state index is 10.6. The number of nitrogens with zero attached hydrogens (tertiary/aromatic N) is 1. The van der Waals surface area contributed by atoms with Gasteiger partial charge in [0.05, 0.1) is 6.67 Å². The van der Waals surface area contributed by atoms with Gasteiger partial charge in [-0.2, -0.15) is 0 Å². The molecule has 0 spiro atoms. The van der Waals surface area contributed by atoms with E-state index in [1.807, 2.05) is 24.3 Å². The molecule has 0 unspecified atom stereocenters. The molecule has 0 saturated carbocycles. The highest BCUT2D eigenvalue weighted by Crippen LogP contribution is 2.21. The zero-order valence-electron chi connectivity index (χ0n) is 6.66. The van der Waals surface area contributed by atoms with E-state index in [4.69, 9.17) is 0 Å². The Morgan fingerprint density at radius 3 is 3.08 bits per heavy atom. The highest BCUT2D eigenvalue weighted by atomic mass is 16.1. The number of hydrogen-bond acceptors (Lipinski definition) is 2.